The highest BCUT2D eigenvalue weighted by molar-refractivity contribution is 5.04. The third-order valence-corrected chi connectivity index (χ3v) is 2.06. The zero-order valence-electron chi connectivity index (χ0n) is 6.66. The van der Waals surface area contributed by atoms with Crippen molar-refractivity contribution in [3.8, 4) is 0 Å². The second-order valence-corrected chi connectivity index (χ2v) is 2.87. The van der Waals surface area contributed by atoms with Crippen LogP contribution in [0.15, 0.2) is 12.4 Å². The van der Waals surface area contributed by atoms with E-state index < -0.39 is 0 Å². The molecule has 0 saturated carbocycles. The lowest BCUT2D eigenvalue weighted by Gasteiger charge is -2.25. The fraction of sp³-hybridized carbons (Fsp3) is 0.625. The summed E-state index contributed by atoms with van der Waals surface area (Å²) in [7, 11) is 0. The maximum absolute atomic E-state index is 5.07. The first-order chi connectivity index (χ1) is 5.40. The number of hydrogen-bond donors (Lipinski definition) is 0. The Bertz CT molecular complexity index is 240. The molecule has 1 aliphatic heterocycles. The third-order valence-electron chi connectivity index (χ3n) is 2.06. The topological polar surface area (TPSA) is 27.1 Å². The van der Waals surface area contributed by atoms with Gasteiger partial charge in [0.25, 0.3) is 0 Å². The molecule has 1 aliphatic rings. The van der Waals surface area contributed by atoms with Crippen LogP contribution in [-0.2, 0) is 11.2 Å². The number of rotatable bonds is 2. The van der Waals surface area contributed by atoms with Gasteiger partial charge in [0, 0.05) is 6.20 Å². The summed E-state index contributed by atoms with van der Waals surface area (Å²) in [6.07, 6.45) is 5.10. The van der Waals surface area contributed by atoms with Crippen molar-refractivity contribution in [2.75, 3.05) is 13.2 Å². The molecule has 0 N–H and O–H groups in total. The fourth-order valence-corrected chi connectivity index (χ4v) is 1.14. The third kappa shape index (κ3) is 1.16. The van der Waals surface area contributed by atoms with E-state index in [0.717, 1.165) is 19.6 Å². The summed E-state index contributed by atoms with van der Waals surface area (Å²) in [5, 5.41) is 4.25. The number of aryl methyl sites for hydroxylation is 1. The molecule has 1 saturated heterocycles. The molecular weight excluding hydrogens is 140 g/mol. The highest BCUT2D eigenvalue weighted by Crippen LogP contribution is 2.16. The Kier molecular flexibility index (Phi) is 1.66. The summed E-state index contributed by atoms with van der Waals surface area (Å²) < 4.78 is 7.07. The average Bonchev–Trinajstić information content (AvgIpc) is 2.32. The van der Waals surface area contributed by atoms with Crippen molar-refractivity contribution in [2.45, 2.75) is 19.4 Å². The molecule has 0 atom stereocenters. The number of nitrogens with zero attached hydrogens (tertiary/aromatic N) is 2. The van der Waals surface area contributed by atoms with Gasteiger partial charge in [-0.15, -0.1) is 0 Å². The lowest BCUT2D eigenvalue weighted by atomic mass is 10.2. The SMILES string of the molecule is CCc1cnn(C2COC2)c1. The summed E-state index contributed by atoms with van der Waals surface area (Å²) in [6.45, 7) is 3.79. The van der Waals surface area contributed by atoms with Gasteiger partial charge in [0.2, 0.25) is 0 Å². The first-order valence-corrected chi connectivity index (χ1v) is 4.01. The molecule has 3 nitrogen and oxygen atoms in total. The van der Waals surface area contributed by atoms with Crippen molar-refractivity contribution >= 4 is 0 Å². The fourth-order valence-electron chi connectivity index (χ4n) is 1.14. The van der Waals surface area contributed by atoms with Crippen LogP contribution in [0.25, 0.3) is 0 Å². The van der Waals surface area contributed by atoms with Crippen LogP contribution in [0.2, 0.25) is 0 Å². The van der Waals surface area contributed by atoms with Gasteiger partial charge in [-0.05, 0) is 12.0 Å². The van der Waals surface area contributed by atoms with E-state index in [-0.39, 0.29) is 0 Å². The van der Waals surface area contributed by atoms with Crippen LogP contribution in [0, 0.1) is 0 Å². The molecule has 1 fully saturated rings. The van der Waals surface area contributed by atoms with Crippen molar-refractivity contribution in [2.24, 2.45) is 0 Å². The summed E-state index contributed by atoms with van der Waals surface area (Å²) >= 11 is 0. The van der Waals surface area contributed by atoms with Crippen LogP contribution < -0.4 is 0 Å². The Morgan fingerprint density at radius 3 is 3.00 bits per heavy atom. The highest BCUT2D eigenvalue weighted by atomic mass is 16.5. The Hall–Kier alpha value is -0.830. The van der Waals surface area contributed by atoms with Gasteiger partial charge in [0.05, 0.1) is 25.5 Å². The van der Waals surface area contributed by atoms with Crippen LogP contribution >= 0.6 is 0 Å². The minimum Gasteiger partial charge on any atom is -0.377 e. The normalized spacial score (nSPS) is 18.3. The van der Waals surface area contributed by atoms with Crippen LogP contribution in [0.4, 0.5) is 0 Å². The maximum Gasteiger partial charge on any atom is 0.0985 e. The molecule has 0 aliphatic carbocycles. The second-order valence-electron chi connectivity index (χ2n) is 2.87. The molecule has 1 aromatic rings. The Morgan fingerprint density at radius 1 is 1.73 bits per heavy atom. The van der Waals surface area contributed by atoms with Crippen LogP contribution in [-0.4, -0.2) is 23.0 Å². The smallest absolute Gasteiger partial charge is 0.0985 e. The van der Waals surface area contributed by atoms with E-state index in [1.165, 1.54) is 5.56 Å². The van der Waals surface area contributed by atoms with Gasteiger partial charge in [0.15, 0.2) is 0 Å². The molecule has 2 rings (SSSR count). The highest BCUT2D eigenvalue weighted by Gasteiger charge is 2.20. The van der Waals surface area contributed by atoms with E-state index in [4.69, 9.17) is 4.74 Å². The van der Waals surface area contributed by atoms with Crippen molar-refractivity contribution in [1.82, 2.24) is 9.78 Å². The minimum absolute atomic E-state index is 0.496. The molecule has 0 unspecified atom stereocenters. The molecule has 0 spiro atoms. The van der Waals surface area contributed by atoms with Crippen LogP contribution in [0.3, 0.4) is 0 Å². The molecular formula is C8H12N2O. The van der Waals surface area contributed by atoms with Gasteiger partial charge in [-0.1, -0.05) is 6.92 Å². The molecule has 0 bridgehead atoms. The molecule has 0 aromatic carbocycles. The molecule has 3 heteroatoms. The van der Waals surface area contributed by atoms with Gasteiger partial charge in [0.1, 0.15) is 0 Å². The van der Waals surface area contributed by atoms with E-state index >= 15 is 0 Å². The lowest BCUT2D eigenvalue weighted by molar-refractivity contribution is -0.0286. The van der Waals surface area contributed by atoms with Gasteiger partial charge in [-0.3, -0.25) is 4.68 Å². The van der Waals surface area contributed by atoms with Crippen molar-refractivity contribution < 1.29 is 4.74 Å². The summed E-state index contributed by atoms with van der Waals surface area (Å²) in [4.78, 5) is 0. The number of ether oxygens (including phenoxy) is 1. The van der Waals surface area contributed by atoms with Crippen molar-refractivity contribution in [3.63, 3.8) is 0 Å². The van der Waals surface area contributed by atoms with Crippen LogP contribution in [0.1, 0.15) is 18.5 Å². The molecule has 60 valence electrons. The average molecular weight is 152 g/mol. The number of aromatic nitrogens is 2. The standard InChI is InChI=1S/C8H12N2O/c1-2-7-3-9-10(4-7)8-5-11-6-8/h3-4,8H,2,5-6H2,1H3. The molecule has 2 heterocycles. The van der Waals surface area contributed by atoms with Crippen molar-refractivity contribution in [1.29, 1.82) is 0 Å². The minimum atomic E-state index is 0.496. The predicted octanol–water partition coefficient (Wildman–Crippen LogP) is 1.02. The summed E-state index contributed by atoms with van der Waals surface area (Å²) in [5.74, 6) is 0. The Morgan fingerprint density at radius 2 is 2.55 bits per heavy atom. The molecule has 1 aromatic heterocycles. The Balaban J connectivity index is 2.11. The van der Waals surface area contributed by atoms with E-state index in [1.54, 1.807) is 0 Å². The van der Waals surface area contributed by atoms with Gasteiger partial charge < -0.3 is 4.74 Å². The van der Waals surface area contributed by atoms with Gasteiger partial charge in [-0.25, -0.2) is 0 Å². The van der Waals surface area contributed by atoms with Crippen LogP contribution in [0.5, 0.6) is 0 Å². The maximum atomic E-state index is 5.07. The first kappa shape index (κ1) is 6.85. The molecule has 0 amide bonds. The zero-order chi connectivity index (χ0) is 7.68. The summed E-state index contributed by atoms with van der Waals surface area (Å²) in [6, 6.07) is 0.496. The van der Waals surface area contributed by atoms with E-state index in [9.17, 15) is 0 Å². The quantitative estimate of drug-likeness (QED) is 0.632. The van der Waals surface area contributed by atoms with E-state index in [2.05, 4.69) is 18.2 Å². The Labute approximate surface area is 66.0 Å². The monoisotopic (exact) mass is 152 g/mol. The largest absolute Gasteiger partial charge is 0.377 e. The molecule has 0 radical (unpaired) electrons. The number of hydrogen-bond acceptors (Lipinski definition) is 2. The molecule has 11 heavy (non-hydrogen) atoms. The predicted molar refractivity (Wildman–Crippen MR) is 41.5 cm³/mol. The zero-order valence-corrected chi connectivity index (χ0v) is 6.66. The first-order valence-electron chi connectivity index (χ1n) is 4.01. The lowest BCUT2D eigenvalue weighted by Crippen LogP contribution is -2.30. The van der Waals surface area contributed by atoms with Gasteiger partial charge in [-0.2, -0.15) is 5.10 Å². The second kappa shape index (κ2) is 2.66. The van der Waals surface area contributed by atoms with Crippen molar-refractivity contribution in [3.05, 3.63) is 18.0 Å². The van der Waals surface area contributed by atoms with E-state index in [1.807, 2.05) is 10.9 Å². The summed E-state index contributed by atoms with van der Waals surface area (Å²) in [5.41, 5.74) is 1.30. The van der Waals surface area contributed by atoms with Gasteiger partial charge >= 0.3 is 0 Å². The van der Waals surface area contributed by atoms with E-state index in [0.29, 0.717) is 6.04 Å².